The summed E-state index contributed by atoms with van der Waals surface area (Å²) in [7, 11) is 0. The van der Waals surface area contributed by atoms with Gasteiger partial charge in [-0.3, -0.25) is 4.79 Å². The summed E-state index contributed by atoms with van der Waals surface area (Å²) in [6, 6.07) is 1.31. The van der Waals surface area contributed by atoms with Gasteiger partial charge in [0, 0.05) is 32.6 Å². The molecule has 0 aliphatic carbocycles. The van der Waals surface area contributed by atoms with Crippen molar-refractivity contribution in [1.82, 2.24) is 25.5 Å². The van der Waals surface area contributed by atoms with E-state index in [1.807, 2.05) is 0 Å². The van der Waals surface area contributed by atoms with E-state index in [9.17, 15) is 27.2 Å². The van der Waals surface area contributed by atoms with Crippen LogP contribution >= 0.6 is 0 Å². The highest BCUT2D eigenvalue weighted by molar-refractivity contribution is 5.75. The van der Waals surface area contributed by atoms with Crippen LogP contribution < -0.4 is 10.6 Å². The first kappa shape index (κ1) is 26.4. The monoisotopic (exact) mass is 495 g/mol. The summed E-state index contributed by atoms with van der Waals surface area (Å²) in [5.74, 6) is -0.632. The molecule has 2 N–H and O–H groups in total. The molecule has 1 aliphatic rings. The van der Waals surface area contributed by atoms with Gasteiger partial charge in [-0.1, -0.05) is 19.9 Å². The van der Waals surface area contributed by atoms with Gasteiger partial charge in [-0.15, -0.1) is 0 Å². The Morgan fingerprint density at radius 1 is 1.23 bits per heavy atom. The number of hydrogen-bond acceptors (Lipinski definition) is 4. The predicted molar refractivity (Wildman–Crippen MR) is 121 cm³/mol. The fourth-order valence-electron chi connectivity index (χ4n) is 3.91. The lowest BCUT2D eigenvalue weighted by atomic mass is 10.0. The van der Waals surface area contributed by atoms with Crippen molar-refractivity contribution in [3.05, 3.63) is 58.4 Å². The van der Waals surface area contributed by atoms with E-state index < -0.39 is 29.6 Å². The molecule has 7 nitrogen and oxygen atoms in total. The van der Waals surface area contributed by atoms with Gasteiger partial charge in [0.1, 0.15) is 11.6 Å². The van der Waals surface area contributed by atoms with Crippen molar-refractivity contribution in [2.45, 2.75) is 58.8 Å². The molecule has 1 atom stereocenters. The Kier molecular flexibility index (Phi) is 8.29. The molecular formula is C24H29F4N5O2. The summed E-state index contributed by atoms with van der Waals surface area (Å²) in [4.78, 5) is 34.9. The van der Waals surface area contributed by atoms with Gasteiger partial charge >= 0.3 is 12.2 Å². The Morgan fingerprint density at radius 3 is 2.60 bits per heavy atom. The lowest BCUT2D eigenvalue weighted by Gasteiger charge is -2.30. The SMILES string of the molecule is CC(=O)NCC[C@@H](NC(=O)N1CCc2cnc(CC(C)C)nc2C1)c1ccc(C(F)(F)F)c(F)c1. The number of urea groups is 1. The number of hydrogen-bond donors (Lipinski definition) is 2. The van der Waals surface area contributed by atoms with E-state index in [0.29, 0.717) is 37.2 Å². The molecule has 11 heteroatoms. The molecule has 0 unspecified atom stereocenters. The van der Waals surface area contributed by atoms with Gasteiger partial charge in [0.05, 0.1) is 23.8 Å². The van der Waals surface area contributed by atoms with Crippen molar-refractivity contribution in [2.24, 2.45) is 5.92 Å². The second-order valence-electron chi connectivity index (χ2n) is 9.04. The van der Waals surface area contributed by atoms with Crippen molar-refractivity contribution in [3.63, 3.8) is 0 Å². The number of carbonyl (C=O) groups excluding carboxylic acids is 2. The average Bonchev–Trinajstić information content (AvgIpc) is 2.76. The number of benzene rings is 1. The van der Waals surface area contributed by atoms with Crippen LogP contribution in [0.1, 0.15) is 61.4 Å². The van der Waals surface area contributed by atoms with E-state index >= 15 is 0 Å². The molecule has 3 amide bonds. The smallest absolute Gasteiger partial charge is 0.356 e. The van der Waals surface area contributed by atoms with Crippen molar-refractivity contribution in [3.8, 4) is 0 Å². The Hall–Kier alpha value is -3.24. The first-order valence-corrected chi connectivity index (χ1v) is 11.4. The summed E-state index contributed by atoms with van der Waals surface area (Å²) >= 11 is 0. The average molecular weight is 496 g/mol. The minimum absolute atomic E-state index is 0.150. The second-order valence-corrected chi connectivity index (χ2v) is 9.04. The summed E-state index contributed by atoms with van der Waals surface area (Å²) < 4.78 is 53.1. The lowest BCUT2D eigenvalue weighted by molar-refractivity contribution is -0.140. The molecule has 0 saturated carbocycles. The molecule has 0 bridgehead atoms. The fraction of sp³-hybridized carbons (Fsp3) is 0.500. The summed E-state index contributed by atoms with van der Waals surface area (Å²) in [5.41, 5.74) is 0.520. The zero-order valence-corrected chi connectivity index (χ0v) is 19.9. The van der Waals surface area contributed by atoms with Gasteiger partial charge in [0.15, 0.2) is 0 Å². The van der Waals surface area contributed by atoms with Gasteiger partial charge < -0.3 is 15.5 Å². The molecule has 0 radical (unpaired) electrons. The molecule has 190 valence electrons. The summed E-state index contributed by atoms with van der Waals surface area (Å²) in [6.07, 6.45) is -1.59. The molecule has 35 heavy (non-hydrogen) atoms. The Labute approximate surface area is 201 Å². The first-order chi connectivity index (χ1) is 16.4. The molecule has 0 spiro atoms. The van der Waals surface area contributed by atoms with Gasteiger partial charge in [0.25, 0.3) is 0 Å². The molecule has 1 aliphatic heterocycles. The van der Waals surface area contributed by atoms with Crippen LogP contribution in [0.2, 0.25) is 0 Å². The van der Waals surface area contributed by atoms with Crippen LogP contribution in [0.3, 0.4) is 0 Å². The molecule has 0 saturated heterocycles. The largest absolute Gasteiger partial charge is 0.419 e. The van der Waals surface area contributed by atoms with Crippen LogP contribution in [-0.2, 0) is 30.4 Å². The number of amides is 3. The third kappa shape index (κ3) is 7.12. The maximum absolute atomic E-state index is 14.2. The normalized spacial score (nSPS) is 14.5. The number of alkyl halides is 3. The maximum Gasteiger partial charge on any atom is 0.419 e. The predicted octanol–water partition coefficient (Wildman–Crippen LogP) is 4.17. The van der Waals surface area contributed by atoms with Crippen LogP contribution in [0.5, 0.6) is 0 Å². The van der Waals surface area contributed by atoms with Crippen molar-refractivity contribution >= 4 is 11.9 Å². The van der Waals surface area contributed by atoms with Gasteiger partial charge in [-0.05, 0) is 42.0 Å². The summed E-state index contributed by atoms with van der Waals surface area (Å²) in [5, 5.41) is 5.37. The van der Waals surface area contributed by atoms with Gasteiger partial charge in [-0.2, -0.15) is 13.2 Å². The Balaban J connectivity index is 1.77. The minimum atomic E-state index is -4.82. The highest BCUT2D eigenvalue weighted by Gasteiger charge is 2.34. The highest BCUT2D eigenvalue weighted by Crippen LogP contribution is 2.33. The fourth-order valence-corrected chi connectivity index (χ4v) is 3.91. The number of fused-ring (bicyclic) bond motifs is 1. The van der Waals surface area contributed by atoms with Crippen LogP contribution in [0, 0.1) is 11.7 Å². The zero-order valence-electron chi connectivity index (χ0n) is 19.9. The molecular weight excluding hydrogens is 466 g/mol. The van der Waals surface area contributed by atoms with E-state index in [-0.39, 0.29) is 31.0 Å². The van der Waals surface area contributed by atoms with Crippen LogP contribution in [0.25, 0.3) is 0 Å². The van der Waals surface area contributed by atoms with Gasteiger partial charge in [0.2, 0.25) is 5.91 Å². The summed E-state index contributed by atoms with van der Waals surface area (Å²) in [6.45, 7) is 6.27. The number of halogens is 4. The standard InChI is InChI=1S/C24H29F4N5O2/c1-14(2)10-22-30-12-17-7-9-33(13-21(17)31-22)23(35)32-20(6-8-29-15(3)34)16-4-5-18(19(25)11-16)24(26,27)28/h4-5,11-12,14,20H,6-10,13H2,1-3H3,(H,29,34)(H,32,35)/t20-/m1/s1. The number of rotatable bonds is 7. The van der Waals surface area contributed by atoms with E-state index in [0.717, 1.165) is 23.4 Å². The Bertz CT molecular complexity index is 1070. The number of nitrogens with one attached hydrogen (secondary N) is 2. The van der Waals surface area contributed by atoms with Crippen molar-refractivity contribution in [1.29, 1.82) is 0 Å². The quantitative estimate of drug-likeness (QED) is 0.565. The molecule has 2 heterocycles. The van der Waals surface area contributed by atoms with E-state index in [4.69, 9.17) is 0 Å². The van der Waals surface area contributed by atoms with Crippen LogP contribution in [-0.4, -0.2) is 39.9 Å². The first-order valence-electron chi connectivity index (χ1n) is 11.4. The minimum Gasteiger partial charge on any atom is -0.356 e. The van der Waals surface area contributed by atoms with Crippen molar-refractivity contribution < 1.29 is 27.2 Å². The second kappa shape index (κ2) is 11.0. The maximum atomic E-state index is 14.2. The molecule has 2 aromatic rings. The molecule has 0 fully saturated rings. The van der Waals surface area contributed by atoms with Crippen LogP contribution in [0.4, 0.5) is 22.4 Å². The molecule has 3 rings (SSSR count). The van der Waals surface area contributed by atoms with Crippen LogP contribution in [0.15, 0.2) is 24.4 Å². The number of nitrogens with zero attached hydrogens (tertiary/aromatic N) is 3. The molecule has 1 aromatic carbocycles. The molecule has 1 aromatic heterocycles. The van der Waals surface area contributed by atoms with E-state index in [2.05, 4.69) is 34.4 Å². The Morgan fingerprint density at radius 2 is 1.97 bits per heavy atom. The van der Waals surface area contributed by atoms with E-state index in [1.165, 1.54) is 6.92 Å². The van der Waals surface area contributed by atoms with E-state index in [1.54, 1.807) is 11.1 Å². The van der Waals surface area contributed by atoms with Crippen molar-refractivity contribution in [2.75, 3.05) is 13.1 Å². The lowest BCUT2D eigenvalue weighted by Crippen LogP contribution is -2.45. The third-order valence-electron chi connectivity index (χ3n) is 5.68. The highest BCUT2D eigenvalue weighted by atomic mass is 19.4. The zero-order chi connectivity index (χ0) is 25.8. The van der Waals surface area contributed by atoms with Gasteiger partial charge in [-0.25, -0.2) is 19.2 Å². The number of aromatic nitrogens is 2. The topological polar surface area (TPSA) is 87.2 Å². The number of carbonyl (C=O) groups is 2. The third-order valence-corrected chi connectivity index (χ3v) is 5.68.